The van der Waals surface area contributed by atoms with Gasteiger partial charge in [0, 0.05) is 24.7 Å². The van der Waals surface area contributed by atoms with Crippen molar-refractivity contribution in [2.24, 2.45) is 5.41 Å². The summed E-state index contributed by atoms with van der Waals surface area (Å²) in [6.07, 6.45) is 3.14. The van der Waals surface area contributed by atoms with Crippen molar-refractivity contribution in [3.8, 4) is 0 Å². The summed E-state index contributed by atoms with van der Waals surface area (Å²) >= 11 is 5.88. The van der Waals surface area contributed by atoms with Crippen LogP contribution >= 0.6 is 24.0 Å². The van der Waals surface area contributed by atoms with Gasteiger partial charge in [-0.1, -0.05) is 23.7 Å². The van der Waals surface area contributed by atoms with Crippen molar-refractivity contribution in [3.05, 3.63) is 34.9 Å². The van der Waals surface area contributed by atoms with E-state index >= 15 is 0 Å². The van der Waals surface area contributed by atoms with Gasteiger partial charge in [-0.25, -0.2) is 0 Å². The Morgan fingerprint density at radius 2 is 2.00 bits per heavy atom. The first kappa shape index (κ1) is 15.6. The third kappa shape index (κ3) is 2.95. The van der Waals surface area contributed by atoms with E-state index in [0.29, 0.717) is 12.5 Å². The fraction of sp³-hybridized carbons (Fsp3) is 0.533. The molecule has 2 heterocycles. The summed E-state index contributed by atoms with van der Waals surface area (Å²) in [6.45, 7) is 3.48. The second-order valence-corrected chi connectivity index (χ2v) is 6.10. The zero-order valence-electron chi connectivity index (χ0n) is 11.4. The highest BCUT2D eigenvalue weighted by atomic mass is 35.5. The van der Waals surface area contributed by atoms with Crippen LogP contribution in [0.1, 0.15) is 24.8 Å². The number of halogens is 2. The van der Waals surface area contributed by atoms with Crippen molar-refractivity contribution in [2.75, 3.05) is 19.6 Å². The molecular weight excluding hydrogens is 295 g/mol. The zero-order chi connectivity index (χ0) is 13.3. The maximum atomic E-state index is 12.6. The summed E-state index contributed by atoms with van der Waals surface area (Å²) in [4.78, 5) is 14.6. The van der Waals surface area contributed by atoms with Gasteiger partial charge in [0.25, 0.3) is 0 Å². The molecule has 2 fully saturated rings. The van der Waals surface area contributed by atoms with Gasteiger partial charge in [-0.3, -0.25) is 4.79 Å². The number of hydrogen-bond acceptors (Lipinski definition) is 2. The lowest BCUT2D eigenvalue weighted by Gasteiger charge is -2.32. The first-order valence-corrected chi connectivity index (χ1v) is 7.32. The molecule has 1 spiro atoms. The van der Waals surface area contributed by atoms with Gasteiger partial charge in [0.1, 0.15) is 0 Å². The molecule has 1 aromatic carbocycles. The molecule has 1 atom stereocenters. The number of benzene rings is 1. The van der Waals surface area contributed by atoms with E-state index in [1.807, 2.05) is 29.2 Å². The molecule has 3 rings (SSSR count). The fourth-order valence-electron chi connectivity index (χ4n) is 3.22. The van der Waals surface area contributed by atoms with Gasteiger partial charge in [-0.2, -0.15) is 0 Å². The van der Waals surface area contributed by atoms with Gasteiger partial charge in [0.2, 0.25) is 5.91 Å². The highest BCUT2D eigenvalue weighted by Gasteiger charge is 2.46. The minimum Gasteiger partial charge on any atom is -0.338 e. The number of amides is 1. The number of carbonyl (C=O) groups is 1. The topological polar surface area (TPSA) is 32.3 Å². The van der Waals surface area contributed by atoms with E-state index in [9.17, 15) is 4.79 Å². The summed E-state index contributed by atoms with van der Waals surface area (Å²) in [5.74, 6) is 0.328. The van der Waals surface area contributed by atoms with E-state index in [0.717, 1.165) is 49.5 Å². The summed E-state index contributed by atoms with van der Waals surface area (Å²) in [6, 6.07) is 7.77. The Morgan fingerprint density at radius 3 is 2.65 bits per heavy atom. The highest BCUT2D eigenvalue weighted by molar-refractivity contribution is 6.30. The molecule has 0 aliphatic carbocycles. The zero-order valence-corrected chi connectivity index (χ0v) is 13.0. The average molecular weight is 315 g/mol. The van der Waals surface area contributed by atoms with Crippen LogP contribution in [0, 0.1) is 5.41 Å². The molecular formula is C15H20Cl2N2O. The molecule has 0 bridgehead atoms. The van der Waals surface area contributed by atoms with Gasteiger partial charge in [-0.15, -0.1) is 12.4 Å². The molecule has 1 N–H and O–H groups in total. The van der Waals surface area contributed by atoms with Crippen molar-refractivity contribution in [1.29, 1.82) is 0 Å². The van der Waals surface area contributed by atoms with Crippen LogP contribution in [0.3, 0.4) is 0 Å². The number of likely N-dealkylation sites (tertiary alicyclic amines) is 1. The second-order valence-electron chi connectivity index (χ2n) is 5.66. The van der Waals surface area contributed by atoms with Gasteiger partial charge in [-0.05, 0) is 43.5 Å². The van der Waals surface area contributed by atoms with E-state index in [1.165, 1.54) is 0 Å². The van der Waals surface area contributed by atoms with Gasteiger partial charge < -0.3 is 10.2 Å². The Balaban J connectivity index is 0.00000147. The maximum absolute atomic E-state index is 12.6. The summed E-state index contributed by atoms with van der Waals surface area (Å²) in [7, 11) is 0. The van der Waals surface area contributed by atoms with Crippen molar-refractivity contribution in [2.45, 2.75) is 25.8 Å². The fourth-order valence-corrected chi connectivity index (χ4v) is 3.34. The predicted octanol–water partition coefficient (Wildman–Crippen LogP) is 2.86. The number of piperidine rings is 1. The van der Waals surface area contributed by atoms with E-state index < -0.39 is 0 Å². The number of nitrogens with zero attached hydrogens (tertiary/aromatic N) is 1. The Morgan fingerprint density at radius 1 is 1.25 bits per heavy atom. The quantitative estimate of drug-likeness (QED) is 0.910. The minimum atomic E-state index is -0.120. The first-order chi connectivity index (χ1) is 9.20. The molecule has 0 aromatic heterocycles. The third-order valence-electron chi connectivity index (χ3n) is 4.36. The lowest BCUT2D eigenvalue weighted by Crippen LogP contribution is -2.45. The van der Waals surface area contributed by atoms with E-state index in [4.69, 9.17) is 11.6 Å². The van der Waals surface area contributed by atoms with E-state index in [1.54, 1.807) is 0 Å². The van der Waals surface area contributed by atoms with E-state index in [-0.39, 0.29) is 17.8 Å². The van der Waals surface area contributed by atoms with Crippen LogP contribution in [-0.2, 0) is 11.3 Å². The van der Waals surface area contributed by atoms with Gasteiger partial charge in [0.15, 0.2) is 0 Å². The normalized spacial score (nSPS) is 25.9. The highest BCUT2D eigenvalue weighted by Crippen LogP contribution is 2.38. The largest absolute Gasteiger partial charge is 0.338 e. The molecule has 2 aliphatic rings. The molecule has 2 aliphatic heterocycles. The molecule has 0 saturated carbocycles. The van der Waals surface area contributed by atoms with Crippen molar-refractivity contribution in [3.63, 3.8) is 0 Å². The molecule has 0 radical (unpaired) electrons. The standard InChI is InChI=1S/C15H19ClN2O.ClH/c16-13-4-2-12(3-5-13)10-18-9-7-15(14(18)19)6-1-8-17-11-15;/h2-5,17H,1,6-11H2;1H. The van der Waals surface area contributed by atoms with E-state index in [2.05, 4.69) is 5.32 Å². The summed E-state index contributed by atoms with van der Waals surface area (Å²) < 4.78 is 0. The molecule has 3 nitrogen and oxygen atoms in total. The Bertz CT molecular complexity index is 469. The Hall–Kier alpha value is -0.770. The van der Waals surface area contributed by atoms with Crippen LogP contribution in [0.5, 0.6) is 0 Å². The van der Waals surface area contributed by atoms with Crippen LogP contribution in [0.15, 0.2) is 24.3 Å². The Labute approximate surface area is 131 Å². The second kappa shape index (κ2) is 6.33. The Kier molecular flexibility index (Phi) is 4.95. The lowest BCUT2D eigenvalue weighted by atomic mass is 9.79. The van der Waals surface area contributed by atoms with Gasteiger partial charge in [0.05, 0.1) is 5.41 Å². The van der Waals surface area contributed by atoms with Crippen molar-refractivity contribution < 1.29 is 4.79 Å². The first-order valence-electron chi connectivity index (χ1n) is 6.94. The lowest BCUT2D eigenvalue weighted by molar-refractivity contribution is -0.137. The molecule has 2 saturated heterocycles. The molecule has 5 heteroatoms. The smallest absolute Gasteiger partial charge is 0.230 e. The van der Waals surface area contributed by atoms with Crippen LogP contribution in [-0.4, -0.2) is 30.4 Å². The molecule has 1 aromatic rings. The summed E-state index contributed by atoms with van der Waals surface area (Å²) in [5.41, 5.74) is 1.03. The summed E-state index contributed by atoms with van der Waals surface area (Å²) in [5, 5.41) is 4.12. The predicted molar refractivity (Wildman–Crippen MR) is 83.3 cm³/mol. The molecule has 110 valence electrons. The molecule has 20 heavy (non-hydrogen) atoms. The van der Waals surface area contributed by atoms with Crippen LogP contribution in [0.4, 0.5) is 0 Å². The number of nitrogens with one attached hydrogen (secondary N) is 1. The number of hydrogen-bond donors (Lipinski definition) is 1. The average Bonchev–Trinajstić information content (AvgIpc) is 2.72. The maximum Gasteiger partial charge on any atom is 0.230 e. The van der Waals surface area contributed by atoms with Crippen LogP contribution in [0.25, 0.3) is 0 Å². The van der Waals surface area contributed by atoms with Gasteiger partial charge >= 0.3 is 0 Å². The minimum absolute atomic E-state index is 0. The molecule has 1 unspecified atom stereocenters. The van der Waals surface area contributed by atoms with Crippen molar-refractivity contribution in [1.82, 2.24) is 10.2 Å². The molecule has 1 amide bonds. The number of carbonyl (C=O) groups excluding carboxylic acids is 1. The van der Waals surface area contributed by atoms with Crippen LogP contribution < -0.4 is 5.32 Å². The van der Waals surface area contributed by atoms with Crippen molar-refractivity contribution >= 4 is 29.9 Å². The SMILES string of the molecule is Cl.O=C1N(Cc2ccc(Cl)cc2)CCC12CCCNC2. The monoisotopic (exact) mass is 314 g/mol. The van der Waals surface area contributed by atoms with Crippen LogP contribution in [0.2, 0.25) is 5.02 Å². The number of rotatable bonds is 2. The third-order valence-corrected chi connectivity index (χ3v) is 4.61.